The summed E-state index contributed by atoms with van der Waals surface area (Å²) in [5.41, 5.74) is 6.96. The summed E-state index contributed by atoms with van der Waals surface area (Å²) in [6.07, 6.45) is 14.8. The third-order valence-corrected chi connectivity index (χ3v) is 7.11. The normalized spacial score (nSPS) is 17.6. The molecule has 0 saturated carbocycles. The SMILES string of the molecule is CC(C)=CCC/C(C)=C/CC/C(C)=C/CC[C@]1(C)CCc2c(C)c(OC(=O)CCC(=O)O)cc(C)c2O1. The molecular weight excluding hydrogens is 464 g/mol. The van der Waals surface area contributed by atoms with Crippen LogP contribution in [0.2, 0.25) is 0 Å². The van der Waals surface area contributed by atoms with Crippen LogP contribution in [0.5, 0.6) is 11.5 Å². The summed E-state index contributed by atoms with van der Waals surface area (Å²) in [6.45, 7) is 14.8. The number of aliphatic carboxylic acids is 1. The molecule has 204 valence electrons. The van der Waals surface area contributed by atoms with Crippen molar-refractivity contribution in [2.45, 2.75) is 118 Å². The smallest absolute Gasteiger partial charge is 0.311 e. The van der Waals surface area contributed by atoms with Crippen molar-refractivity contribution in [3.8, 4) is 11.5 Å². The second-order valence-electron chi connectivity index (χ2n) is 11.0. The maximum atomic E-state index is 12.1. The lowest BCUT2D eigenvalue weighted by Gasteiger charge is -2.37. The number of ether oxygens (including phenoxy) is 2. The highest BCUT2D eigenvalue weighted by molar-refractivity contribution is 5.78. The molecule has 0 aromatic heterocycles. The Bertz CT molecular complexity index is 1060. The molecule has 5 heteroatoms. The van der Waals surface area contributed by atoms with Gasteiger partial charge >= 0.3 is 11.9 Å². The standard InChI is InChI=1S/C32H46O5/c1-22(2)11-8-12-23(3)13-9-14-24(4)15-10-19-32(7)20-18-27-26(6)28(21-25(5)31(27)37-32)36-30(35)17-16-29(33)34/h11,13,15,21H,8-10,12,14,16-20H2,1-7H3,(H,33,34)/b23-13+,24-15+/t32-/m1/s1. The highest BCUT2D eigenvalue weighted by atomic mass is 16.5. The third-order valence-electron chi connectivity index (χ3n) is 7.11. The number of carboxylic acids is 1. The zero-order valence-electron chi connectivity index (χ0n) is 24.0. The van der Waals surface area contributed by atoms with Gasteiger partial charge in [0.2, 0.25) is 0 Å². The average Bonchev–Trinajstić information content (AvgIpc) is 2.80. The summed E-state index contributed by atoms with van der Waals surface area (Å²) < 4.78 is 12.0. The largest absolute Gasteiger partial charge is 0.487 e. The van der Waals surface area contributed by atoms with Gasteiger partial charge in [0.25, 0.3) is 0 Å². The van der Waals surface area contributed by atoms with Crippen LogP contribution in [0.4, 0.5) is 0 Å². The number of hydrogen-bond acceptors (Lipinski definition) is 4. The van der Waals surface area contributed by atoms with Crippen LogP contribution in [-0.2, 0) is 16.0 Å². The summed E-state index contributed by atoms with van der Waals surface area (Å²) in [7, 11) is 0. The number of benzene rings is 1. The van der Waals surface area contributed by atoms with Crippen LogP contribution in [0.1, 0.15) is 109 Å². The van der Waals surface area contributed by atoms with Gasteiger partial charge in [-0.25, -0.2) is 0 Å². The van der Waals surface area contributed by atoms with Crippen LogP contribution in [0.15, 0.2) is 41.0 Å². The molecule has 0 saturated heterocycles. The van der Waals surface area contributed by atoms with Gasteiger partial charge in [-0.2, -0.15) is 0 Å². The van der Waals surface area contributed by atoms with Crippen LogP contribution in [0, 0.1) is 13.8 Å². The van der Waals surface area contributed by atoms with E-state index in [0.29, 0.717) is 5.75 Å². The average molecular weight is 511 g/mol. The molecule has 0 aliphatic carbocycles. The van der Waals surface area contributed by atoms with E-state index in [9.17, 15) is 9.59 Å². The van der Waals surface area contributed by atoms with E-state index in [1.807, 2.05) is 19.9 Å². The minimum atomic E-state index is -1.01. The van der Waals surface area contributed by atoms with Crippen LogP contribution >= 0.6 is 0 Å². The fourth-order valence-corrected chi connectivity index (χ4v) is 4.68. The van der Waals surface area contributed by atoms with Gasteiger partial charge in [0.15, 0.2) is 0 Å². The Labute approximate surface area is 223 Å². The molecular formula is C32H46O5. The quantitative estimate of drug-likeness (QED) is 0.164. The number of allylic oxidation sites excluding steroid dienone is 6. The molecule has 1 N–H and O–H groups in total. The van der Waals surface area contributed by atoms with E-state index in [-0.39, 0.29) is 18.4 Å². The topological polar surface area (TPSA) is 72.8 Å². The third kappa shape index (κ3) is 10.2. The molecule has 1 heterocycles. The van der Waals surface area contributed by atoms with Gasteiger partial charge in [-0.15, -0.1) is 0 Å². The Morgan fingerprint density at radius 1 is 0.973 bits per heavy atom. The molecule has 1 aromatic rings. The lowest BCUT2D eigenvalue weighted by molar-refractivity contribution is -0.142. The van der Waals surface area contributed by atoms with Gasteiger partial charge in [0.05, 0.1) is 12.8 Å². The number of carbonyl (C=O) groups excluding carboxylic acids is 1. The van der Waals surface area contributed by atoms with Gasteiger partial charge in [-0.3, -0.25) is 9.59 Å². The molecule has 2 rings (SSSR count). The van der Waals surface area contributed by atoms with E-state index in [0.717, 1.165) is 73.8 Å². The fraction of sp³-hybridized carbons (Fsp3) is 0.562. The summed E-state index contributed by atoms with van der Waals surface area (Å²) >= 11 is 0. The van der Waals surface area contributed by atoms with Crippen molar-refractivity contribution in [2.24, 2.45) is 0 Å². The molecule has 0 bridgehead atoms. The first-order valence-corrected chi connectivity index (χ1v) is 13.6. The highest BCUT2D eigenvalue weighted by Gasteiger charge is 2.33. The predicted octanol–water partition coefficient (Wildman–Crippen LogP) is 8.36. The number of hydrogen-bond donors (Lipinski definition) is 1. The van der Waals surface area contributed by atoms with Crippen LogP contribution in [0.3, 0.4) is 0 Å². The minimum absolute atomic E-state index is 0.140. The van der Waals surface area contributed by atoms with E-state index in [4.69, 9.17) is 14.6 Å². The summed E-state index contributed by atoms with van der Waals surface area (Å²) in [6, 6.07) is 1.83. The molecule has 1 aliphatic rings. The second-order valence-corrected chi connectivity index (χ2v) is 11.0. The van der Waals surface area contributed by atoms with Crippen molar-refractivity contribution in [1.29, 1.82) is 0 Å². The van der Waals surface area contributed by atoms with Crippen LogP contribution in [0.25, 0.3) is 0 Å². The second kappa shape index (κ2) is 14.2. The van der Waals surface area contributed by atoms with E-state index in [1.54, 1.807) is 0 Å². The molecule has 1 atom stereocenters. The number of carboxylic acid groups (broad SMARTS) is 1. The van der Waals surface area contributed by atoms with Gasteiger partial charge in [-0.1, -0.05) is 34.9 Å². The lowest BCUT2D eigenvalue weighted by Crippen LogP contribution is -2.36. The van der Waals surface area contributed by atoms with Crippen molar-refractivity contribution in [3.63, 3.8) is 0 Å². The molecule has 1 aromatic carbocycles. The van der Waals surface area contributed by atoms with Gasteiger partial charge < -0.3 is 14.6 Å². The lowest BCUT2D eigenvalue weighted by atomic mass is 9.86. The minimum Gasteiger partial charge on any atom is -0.487 e. The van der Waals surface area contributed by atoms with E-state index in [2.05, 4.69) is 52.8 Å². The zero-order chi connectivity index (χ0) is 27.6. The number of esters is 1. The number of rotatable bonds is 13. The monoisotopic (exact) mass is 510 g/mol. The van der Waals surface area contributed by atoms with Gasteiger partial charge in [-0.05, 0) is 117 Å². The van der Waals surface area contributed by atoms with Gasteiger partial charge in [0, 0.05) is 5.56 Å². The van der Waals surface area contributed by atoms with Crippen molar-refractivity contribution in [2.75, 3.05) is 0 Å². The molecule has 1 aliphatic heterocycles. The van der Waals surface area contributed by atoms with Gasteiger partial charge in [0.1, 0.15) is 17.1 Å². The molecule has 0 spiro atoms. The highest BCUT2D eigenvalue weighted by Crippen LogP contribution is 2.42. The number of fused-ring (bicyclic) bond motifs is 1. The molecule has 0 unspecified atom stereocenters. The van der Waals surface area contributed by atoms with Crippen molar-refractivity contribution in [1.82, 2.24) is 0 Å². The predicted molar refractivity (Wildman–Crippen MR) is 150 cm³/mol. The summed E-state index contributed by atoms with van der Waals surface area (Å²) in [5.74, 6) is -0.140. The van der Waals surface area contributed by atoms with Crippen molar-refractivity contribution in [3.05, 3.63) is 57.7 Å². The van der Waals surface area contributed by atoms with Crippen LogP contribution in [-0.4, -0.2) is 22.6 Å². The first-order chi connectivity index (χ1) is 17.4. The number of aryl methyl sites for hydroxylation is 1. The molecule has 5 nitrogen and oxygen atoms in total. The van der Waals surface area contributed by atoms with Crippen molar-refractivity contribution < 1.29 is 24.2 Å². The Morgan fingerprint density at radius 2 is 1.59 bits per heavy atom. The Morgan fingerprint density at radius 3 is 2.22 bits per heavy atom. The Hall–Kier alpha value is -2.82. The summed E-state index contributed by atoms with van der Waals surface area (Å²) in [4.78, 5) is 22.8. The first-order valence-electron chi connectivity index (χ1n) is 13.6. The Kier molecular flexibility index (Phi) is 11.7. The number of carbonyl (C=O) groups is 2. The molecule has 0 fully saturated rings. The van der Waals surface area contributed by atoms with E-state index in [1.165, 1.54) is 16.7 Å². The summed E-state index contributed by atoms with van der Waals surface area (Å²) in [5, 5.41) is 8.79. The fourth-order valence-electron chi connectivity index (χ4n) is 4.68. The first kappa shape index (κ1) is 30.4. The van der Waals surface area contributed by atoms with E-state index < -0.39 is 11.9 Å². The van der Waals surface area contributed by atoms with Crippen molar-refractivity contribution >= 4 is 11.9 Å². The zero-order valence-corrected chi connectivity index (χ0v) is 24.0. The maximum absolute atomic E-state index is 12.1. The maximum Gasteiger partial charge on any atom is 0.311 e. The van der Waals surface area contributed by atoms with E-state index >= 15 is 0 Å². The Balaban J connectivity index is 1.92. The molecule has 0 amide bonds. The van der Waals surface area contributed by atoms with Crippen LogP contribution < -0.4 is 9.47 Å². The molecule has 0 radical (unpaired) electrons. The molecule has 37 heavy (non-hydrogen) atoms.